The summed E-state index contributed by atoms with van der Waals surface area (Å²) >= 11 is 1.61. The second kappa shape index (κ2) is 5.54. The van der Waals surface area contributed by atoms with E-state index in [0.717, 1.165) is 53.4 Å². The van der Waals surface area contributed by atoms with Gasteiger partial charge in [0.15, 0.2) is 0 Å². The number of anilines is 1. The van der Waals surface area contributed by atoms with Crippen LogP contribution in [-0.4, -0.2) is 35.9 Å². The molecule has 3 aromatic rings. The Labute approximate surface area is 145 Å². The summed E-state index contributed by atoms with van der Waals surface area (Å²) in [6.07, 6.45) is 4.18. The molecular formula is C16H23N7S. The molecule has 1 aliphatic heterocycles. The van der Waals surface area contributed by atoms with Crippen LogP contribution in [0, 0.1) is 12.8 Å². The average molecular weight is 345 g/mol. The SMILES string of the molecule is Cc1nnc2n1C[C@H](CNc1nn3cc(C(C)(C)C)nc3s1)CC2. The van der Waals surface area contributed by atoms with Crippen LogP contribution in [-0.2, 0) is 18.4 Å². The number of aryl methyl sites for hydroxylation is 2. The smallest absolute Gasteiger partial charge is 0.214 e. The van der Waals surface area contributed by atoms with E-state index in [9.17, 15) is 0 Å². The van der Waals surface area contributed by atoms with E-state index in [4.69, 9.17) is 4.98 Å². The highest BCUT2D eigenvalue weighted by Crippen LogP contribution is 2.26. The minimum Gasteiger partial charge on any atom is -0.360 e. The van der Waals surface area contributed by atoms with Crippen LogP contribution in [0.1, 0.15) is 44.5 Å². The Balaban J connectivity index is 1.42. The predicted molar refractivity (Wildman–Crippen MR) is 94.6 cm³/mol. The molecule has 1 N–H and O–H groups in total. The summed E-state index contributed by atoms with van der Waals surface area (Å²) in [5.41, 5.74) is 1.13. The van der Waals surface area contributed by atoms with Crippen molar-refractivity contribution in [2.24, 2.45) is 5.92 Å². The molecule has 0 fully saturated rings. The van der Waals surface area contributed by atoms with Crippen molar-refractivity contribution in [2.75, 3.05) is 11.9 Å². The summed E-state index contributed by atoms with van der Waals surface area (Å²) in [4.78, 5) is 5.64. The molecule has 1 aliphatic rings. The van der Waals surface area contributed by atoms with Crippen molar-refractivity contribution in [1.82, 2.24) is 29.4 Å². The maximum absolute atomic E-state index is 4.69. The molecule has 4 rings (SSSR count). The Morgan fingerprint density at radius 3 is 2.92 bits per heavy atom. The zero-order valence-corrected chi connectivity index (χ0v) is 15.4. The van der Waals surface area contributed by atoms with Crippen molar-refractivity contribution >= 4 is 21.4 Å². The molecule has 1 atom stereocenters. The van der Waals surface area contributed by atoms with E-state index in [-0.39, 0.29) is 5.41 Å². The van der Waals surface area contributed by atoms with E-state index in [2.05, 4.69) is 46.0 Å². The molecule has 0 aromatic carbocycles. The Hall–Kier alpha value is -1.96. The predicted octanol–water partition coefficient (Wildman–Crippen LogP) is 2.66. The average Bonchev–Trinajstić information content (AvgIpc) is 3.18. The lowest BCUT2D eigenvalue weighted by Gasteiger charge is -2.23. The summed E-state index contributed by atoms with van der Waals surface area (Å²) in [5.74, 6) is 2.71. The molecule has 0 saturated carbocycles. The second-order valence-electron chi connectivity index (χ2n) is 7.57. The van der Waals surface area contributed by atoms with Crippen LogP contribution in [0.2, 0.25) is 0 Å². The molecule has 8 heteroatoms. The van der Waals surface area contributed by atoms with Gasteiger partial charge in [-0.25, -0.2) is 9.50 Å². The maximum atomic E-state index is 4.69. The zero-order chi connectivity index (χ0) is 16.9. The molecule has 3 aromatic heterocycles. The Kier molecular flexibility index (Phi) is 3.59. The maximum Gasteiger partial charge on any atom is 0.214 e. The van der Waals surface area contributed by atoms with Gasteiger partial charge in [0.1, 0.15) is 11.6 Å². The highest BCUT2D eigenvalue weighted by atomic mass is 32.1. The van der Waals surface area contributed by atoms with Gasteiger partial charge in [-0.05, 0) is 19.3 Å². The zero-order valence-electron chi connectivity index (χ0n) is 14.6. The summed E-state index contributed by atoms with van der Waals surface area (Å²) in [7, 11) is 0. The molecule has 0 radical (unpaired) electrons. The van der Waals surface area contributed by atoms with E-state index in [0.29, 0.717) is 5.92 Å². The van der Waals surface area contributed by atoms with Crippen molar-refractivity contribution in [3.8, 4) is 0 Å². The van der Waals surface area contributed by atoms with E-state index in [1.54, 1.807) is 11.3 Å². The third-order valence-corrected chi connectivity index (χ3v) is 5.46. The summed E-state index contributed by atoms with van der Waals surface area (Å²) in [6.45, 7) is 10.4. The number of hydrogen-bond acceptors (Lipinski definition) is 6. The first kappa shape index (κ1) is 15.6. The van der Waals surface area contributed by atoms with Crippen LogP contribution >= 0.6 is 11.3 Å². The van der Waals surface area contributed by atoms with Crippen LogP contribution in [0.4, 0.5) is 5.13 Å². The van der Waals surface area contributed by atoms with Crippen LogP contribution in [0.15, 0.2) is 6.20 Å². The summed E-state index contributed by atoms with van der Waals surface area (Å²) in [5, 5.41) is 17.4. The molecule has 7 nitrogen and oxygen atoms in total. The fourth-order valence-electron chi connectivity index (χ4n) is 3.06. The number of aromatic nitrogens is 6. The third kappa shape index (κ3) is 2.79. The van der Waals surface area contributed by atoms with Crippen molar-refractivity contribution in [1.29, 1.82) is 0 Å². The number of imidazole rings is 1. The first-order valence-corrected chi connectivity index (χ1v) is 9.21. The second-order valence-corrected chi connectivity index (χ2v) is 8.53. The number of nitrogens with one attached hydrogen (secondary N) is 1. The van der Waals surface area contributed by atoms with Crippen LogP contribution in [0.3, 0.4) is 0 Å². The molecule has 0 amide bonds. The third-order valence-electron chi connectivity index (χ3n) is 4.58. The summed E-state index contributed by atoms with van der Waals surface area (Å²) < 4.78 is 4.12. The fraction of sp³-hybridized carbons (Fsp3) is 0.625. The van der Waals surface area contributed by atoms with Gasteiger partial charge < -0.3 is 9.88 Å². The molecule has 0 spiro atoms. The first-order chi connectivity index (χ1) is 11.4. The lowest BCUT2D eigenvalue weighted by molar-refractivity contribution is 0.377. The van der Waals surface area contributed by atoms with Crippen molar-refractivity contribution in [2.45, 2.75) is 52.5 Å². The molecule has 0 saturated heterocycles. The quantitative estimate of drug-likeness (QED) is 0.790. The molecule has 0 unspecified atom stereocenters. The first-order valence-electron chi connectivity index (χ1n) is 8.39. The molecule has 4 heterocycles. The topological polar surface area (TPSA) is 72.9 Å². The van der Waals surface area contributed by atoms with E-state index < -0.39 is 0 Å². The van der Waals surface area contributed by atoms with Gasteiger partial charge in [0.2, 0.25) is 10.1 Å². The Bertz CT molecular complexity index is 835. The molecule has 0 aliphatic carbocycles. The monoisotopic (exact) mass is 345 g/mol. The molecule has 128 valence electrons. The Morgan fingerprint density at radius 1 is 1.33 bits per heavy atom. The van der Waals surface area contributed by atoms with Gasteiger partial charge in [-0.3, -0.25) is 0 Å². The highest BCUT2D eigenvalue weighted by Gasteiger charge is 2.22. The number of rotatable bonds is 3. The van der Waals surface area contributed by atoms with E-state index >= 15 is 0 Å². The highest BCUT2D eigenvalue weighted by molar-refractivity contribution is 7.20. The van der Waals surface area contributed by atoms with Crippen molar-refractivity contribution in [3.63, 3.8) is 0 Å². The van der Waals surface area contributed by atoms with E-state index in [1.807, 2.05) is 17.6 Å². The molecule has 0 bridgehead atoms. The van der Waals surface area contributed by atoms with Crippen LogP contribution in [0.25, 0.3) is 4.96 Å². The minimum atomic E-state index is 0.0531. The largest absolute Gasteiger partial charge is 0.360 e. The fourth-order valence-corrected chi connectivity index (χ4v) is 3.85. The molecule has 24 heavy (non-hydrogen) atoms. The number of nitrogens with zero attached hydrogens (tertiary/aromatic N) is 6. The Morgan fingerprint density at radius 2 is 2.17 bits per heavy atom. The standard InChI is InChI=1S/C16H23N7S/c1-10-19-20-13-6-5-11(8-22(10)13)7-17-14-21-23-9-12(16(2,3)4)18-15(23)24-14/h9,11H,5-8H2,1-4H3,(H,17,21)/t11-/m0/s1. The molecular weight excluding hydrogens is 322 g/mol. The van der Waals surface area contributed by atoms with Crippen molar-refractivity contribution in [3.05, 3.63) is 23.5 Å². The van der Waals surface area contributed by atoms with Crippen LogP contribution < -0.4 is 5.32 Å². The van der Waals surface area contributed by atoms with Gasteiger partial charge in [0, 0.05) is 24.9 Å². The van der Waals surface area contributed by atoms with Gasteiger partial charge >= 0.3 is 0 Å². The van der Waals surface area contributed by atoms with Crippen molar-refractivity contribution < 1.29 is 0 Å². The van der Waals surface area contributed by atoms with Gasteiger partial charge in [-0.2, -0.15) is 0 Å². The normalized spacial score (nSPS) is 18.1. The number of hydrogen-bond donors (Lipinski definition) is 1. The van der Waals surface area contributed by atoms with Gasteiger partial charge in [0.25, 0.3) is 0 Å². The summed E-state index contributed by atoms with van der Waals surface area (Å²) in [6, 6.07) is 0. The lowest BCUT2D eigenvalue weighted by atomic mass is 9.93. The lowest BCUT2D eigenvalue weighted by Crippen LogP contribution is -2.26. The number of fused-ring (bicyclic) bond motifs is 2. The minimum absolute atomic E-state index is 0.0531. The van der Waals surface area contributed by atoms with Gasteiger partial charge in [-0.1, -0.05) is 32.1 Å². The van der Waals surface area contributed by atoms with Crippen LogP contribution in [0.5, 0.6) is 0 Å². The van der Waals surface area contributed by atoms with Gasteiger partial charge in [-0.15, -0.1) is 15.3 Å². The van der Waals surface area contributed by atoms with E-state index in [1.165, 1.54) is 0 Å². The van der Waals surface area contributed by atoms with Gasteiger partial charge in [0.05, 0.1) is 11.9 Å².